The molecule has 2 unspecified atom stereocenters. The molecule has 2 atom stereocenters. The van der Waals surface area contributed by atoms with Gasteiger partial charge in [0, 0.05) is 17.7 Å². The monoisotopic (exact) mass is 294 g/mol. The Morgan fingerprint density at radius 3 is 2.62 bits per heavy atom. The van der Waals surface area contributed by atoms with Crippen LogP contribution in [0.15, 0.2) is 67.0 Å². The van der Waals surface area contributed by atoms with Gasteiger partial charge in [-0.25, -0.2) is 4.68 Å². The molecule has 0 radical (unpaired) electrons. The van der Waals surface area contributed by atoms with Crippen molar-refractivity contribution in [3.05, 3.63) is 83.7 Å². The van der Waals surface area contributed by atoms with Crippen LogP contribution >= 0.6 is 11.6 Å². The lowest BCUT2D eigenvalue weighted by Crippen LogP contribution is -2.20. The van der Waals surface area contributed by atoms with Crippen molar-refractivity contribution < 1.29 is 0 Å². The van der Waals surface area contributed by atoms with Crippen molar-refractivity contribution in [2.45, 2.75) is 17.7 Å². The van der Waals surface area contributed by atoms with Gasteiger partial charge in [0.2, 0.25) is 0 Å². The maximum atomic E-state index is 6.68. The molecule has 0 fully saturated rings. The van der Waals surface area contributed by atoms with Gasteiger partial charge in [0.25, 0.3) is 0 Å². The van der Waals surface area contributed by atoms with E-state index in [0.717, 1.165) is 17.7 Å². The van der Waals surface area contributed by atoms with E-state index in [4.69, 9.17) is 11.6 Å². The van der Waals surface area contributed by atoms with E-state index >= 15 is 0 Å². The number of hydrogen-bond acceptors (Lipinski definition) is 1. The van der Waals surface area contributed by atoms with Gasteiger partial charge in [-0.1, -0.05) is 42.5 Å². The van der Waals surface area contributed by atoms with Crippen molar-refractivity contribution in [3.8, 4) is 5.69 Å². The second-order valence-electron chi connectivity index (χ2n) is 5.46. The molecule has 2 aromatic carbocycles. The molecule has 3 heteroatoms. The lowest BCUT2D eigenvalue weighted by atomic mass is 9.74. The molecule has 104 valence electrons. The average Bonchev–Trinajstić information content (AvgIpc) is 2.99. The molecule has 3 aromatic rings. The van der Waals surface area contributed by atoms with Gasteiger partial charge < -0.3 is 0 Å². The van der Waals surface area contributed by atoms with Crippen LogP contribution in [0, 0.1) is 0 Å². The minimum atomic E-state index is -0.0163. The van der Waals surface area contributed by atoms with E-state index in [-0.39, 0.29) is 5.38 Å². The summed E-state index contributed by atoms with van der Waals surface area (Å²) >= 11 is 6.68. The van der Waals surface area contributed by atoms with Gasteiger partial charge in [-0.15, -0.1) is 11.6 Å². The summed E-state index contributed by atoms with van der Waals surface area (Å²) in [6.07, 6.45) is 4.97. The van der Waals surface area contributed by atoms with E-state index in [1.165, 1.54) is 11.1 Å². The molecular weight excluding hydrogens is 280 g/mol. The van der Waals surface area contributed by atoms with E-state index in [2.05, 4.69) is 29.4 Å². The maximum absolute atomic E-state index is 6.68. The van der Waals surface area contributed by atoms with Crippen molar-refractivity contribution in [2.24, 2.45) is 0 Å². The first-order valence-electron chi connectivity index (χ1n) is 7.15. The molecule has 0 bridgehead atoms. The summed E-state index contributed by atoms with van der Waals surface area (Å²) < 4.78 is 1.88. The highest BCUT2D eigenvalue weighted by molar-refractivity contribution is 6.21. The molecule has 0 amide bonds. The van der Waals surface area contributed by atoms with E-state index in [1.54, 1.807) is 0 Å². The van der Waals surface area contributed by atoms with Crippen molar-refractivity contribution in [1.82, 2.24) is 9.78 Å². The quantitative estimate of drug-likeness (QED) is 0.651. The van der Waals surface area contributed by atoms with Gasteiger partial charge in [0.15, 0.2) is 0 Å². The van der Waals surface area contributed by atoms with Crippen LogP contribution in [-0.2, 0) is 6.42 Å². The SMILES string of the molecule is ClC(c1cnn(-c2ccccc2)c1)C1Cc2ccccc21. The predicted octanol–water partition coefficient (Wildman–Crippen LogP) is 4.49. The zero-order chi connectivity index (χ0) is 14.2. The second-order valence-corrected chi connectivity index (χ2v) is 5.94. The number of fused-ring (bicyclic) bond motifs is 1. The molecule has 2 nitrogen and oxygen atoms in total. The molecule has 1 aliphatic rings. The van der Waals surface area contributed by atoms with Crippen LogP contribution in [0.25, 0.3) is 5.69 Å². The summed E-state index contributed by atoms with van der Waals surface area (Å²) in [4.78, 5) is 0. The van der Waals surface area contributed by atoms with Crippen molar-refractivity contribution in [2.75, 3.05) is 0 Å². The van der Waals surface area contributed by atoms with Crippen LogP contribution in [0.5, 0.6) is 0 Å². The minimum absolute atomic E-state index is 0.0163. The smallest absolute Gasteiger partial charge is 0.0688 e. The number of hydrogen-bond donors (Lipinski definition) is 0. The Hall–Kier alpha value is -2.06. The fourth-order valence-corrected chi connectivity index (χ4v) is 3.33. The van der Waals surface area contributed by atoms with Gasteiger partial charge in [0.05, 0.1) is 17.3 Å². The Kier molecular flexibility index (Phi) is 3.04. The van der Waals surface area contributed by atoms with Crippen molar-refractivity contribution in [1.29, 1.82) is 0 Å². The first kappa shape index (κ1) is 12.7. The number of nitrogens with zero attached hydrogens (tertiary/aromatic N) is 2. The Bertz CT molecular complexity index is 764. The lowest BCUT2D eigenvalue weighted by molar-refractivity contribution is 0.587. The Labute approximate surface area is 129 Å². The third-order valence-electron chi connectivity index (χ3n) is 4.19. The molecule has 0 N–H and O–H groups in total. The largest absolute Gasteiger partial charge is 0.241 e. The summed E-state index contributed by atoms with van der Waals surface area (Å²) in [6, 6.07) is 18.6. The van der Waals surface area contributed by atoms with Gasteiger partial charge in [-0.2, -0.15) is 5.10 Å². The molecule has 1 aliphatic carbocycles. The number of benzene rings is 2. The summed E-state index contributed by atoms with van der Waals surface area (Å²) in [5.41, 5.74) is 4.94. The molecule has 0 saturated heterocycles. The third-order valence-corrected chi connectivity index (χ3v) is 4.75. The number of rotatable bonds is 3. The highest BCUT2D eigenvalue weighted by Gasteiger charge is 2.33. The lowest BCUT2D eigenvalue weighted by Gasteiger charge is -2.33. The fraction of sp³-hybridized carbons (Fsp3) is 0.167. The maximum Gasteiger partial charge on any atom is 0.0688 e. The van der Waals surface area contributed by atoms with Crippen molar-refractivity contribution >= 4 is 11.6 Å². The van der Waals surface area contributed by atoms with Crippen LogP contribution in [0.4, 0.5) is 0 Å². The van der Waals surface area contributed by atoms with Gasteiger partial charge in [0.1, 0.15) is 0 Å². The van der Waals surface area contributed by atoms with Crippen molar-refractivity contribution in [3.63, 3.8) is 0 Å². The second kappa shape index (κ2) is 5.05. The zero-order valence-electron chi connectivity index (χ0n) is 11.5. The van der Waals surface area contributed by atoms with E-state index in [1.807, 2.05) is 47.4 Å². The van der Waals surface area contributed by atoms with Crippen LogP contribution in [0.3, 0.4) is 0 Å². The molecule has 1 aromatic heterocycles. The van der Waals surface area contributed by atoms with E-state index in [0.29, 0.717) is 5.92 Å². The number of para-hydroxylation sites is 1. The van der Waals surface area contributed by atoms with Gasteiger partial charge in [-0.05, 0) is 29.7 Å². The summed E-state index contributed by atoms with van der Waals surface area (Å²) in [6.45, 7) is 0. The Morgan fingerprint density at radius 1 is 1.05 bits per heavy atom. The highest BCUT2D eigenvalue weighted by atomic mass is 35.5. The van der Waals surface area contributed by atoms with Crippen LogP contribution < -0.4 is 0 Å². The van der Waals surface area contributed by atoms with Gasteiger partial charge in [-0.3, -0.25) is 0 Å². The first-order valence-corrected chi connectivity index (χ1v) is 7.58. The summed E-state index contributed by atoms with van der Waals surface area (Å²) in [5.74, 6) is 0.399. The zero-order valence-corrected chi connectivity index (χ0v) is 12.2. The molecule has 0 aliphatic heterocycles. The topological polar surface area (TPSA) is 17.8 Å². The fourth-order valence-electron chi connectivity index (χ4n) is 2.99. The summed E-state index contributed by atoms with van der Waals surface area (Å²) in [5, 5.41) is 4.42. The number of aromatic nitrogens is 2. The standard InChI is InChI=1S/C18H15ClN2/c19-18(17-10-13-6-4-5-9-16(13)17)14-11-20-21(12-14)15-7-2-1-3-8-15/h1-9,11-12,17-18H,10H2. The molecule has 0 spiro atoms. The number of halogens is 1. The average molecular weight is 295 g/mol. The van der Waals surface area contributed by atoms with Gasteiger partial charge >= 0.3 is 0 Å². The Balaban J connectivity index is 1.60. The third kappa shape index (κ3) is 2.16. The number of alkyl halides is 1. The predicted molar refractivity (Wildman–Crippen MR) is 85.0 cm³/mol. The minimum Gasteiger partial charge on any atom is -0.241 e. The normalized spacial score (nSPS) is 17.9. The van der Waals surface area contributed by atoms with E-state index < -0.39 is 0 Å². The molecular formula is C18H15ClN2. The molecule has 1 heterocycles. The molecule has 4 rings (SSSR count). The molecule has 21 heavy (non-hydrogen) atoms. The summed E-state index contributed by atoms with van der Waals surface area (Å²) in [7, 11) is 0. The highest BCUT2D eigenvalue weighted by Crippen LogP contribution is 2.46. The van der Waals surface area contributed by atoms with Crippen LogP contribution in [0.2, 0.25) is 0 Å². The Morgan fingerprint density at radius 2 is 1.81 bits per heavy atom. The van der Waals surface area contributed by atoms with E-state index in [9.17, 15) is 0 Å². The molecule has 0 saturated carbocycles. The van der Waals surface area contributed by atoms with Crippen LogP contribution in [0.1, 0.15) is 28.0 Å². The first-order chi connectivity index (χ1) is 10.3. The van der Waals surface area contributed by atoms with Crippen LogP contribution in [-0.4, -0.2) is 9.78 Å².